The molecule has 0 amide bonds. The van der Waals surface area contributed by atoms with Crippen molar-refractivity contribution in [1.82, 2.24) is 9.97 Å². The van der Waals surface area contributed by atoms with Gasteiger partial charge in [0.1, 0.15) is 6.33 Å². The van der Waals surface area contributed by atoms with Gasteiger partial charge in [0, 0.05) is 58.5 Å². The second-order valence-electron chi connectivity index (χ2n) is 14.8. The number of carbonyl (C=O) groups excluding carboxylic acids is 1. The second kappa shape index (κ2) is 16.5. The van der Waals surface area contributed by atoms with Gasteiger partial charge in [-0.3, -0.25) is 9.78 Å². The molecule has 1 radical (unpaired) electrons. The average molecular weight is 874 g/mol. The number of hydrogen-bond acceptors (Lipinski definition) is 5. The van der Waals surface area contributed by atoms with E-state index < -0.39 is 16.1 Å². The Morgan fingerprint density at radius 1 is 0.833 bits per heavy atom. The van der Waals surface area contributed by atoms with Gasteiger partial charge >= 0.3 is 0 Å². The van der Waals surface area contributed by atoms with Crippen LogP contribution in [0.15, 0.2) is 60.6 Å². The van der Waals surface area contributed by atoms with Gasteiger partial charge in [0.15, 0.2) is 5.78 Å². The third-order valence-corrected chi connectivity index (χ3v) is 14.9. The molecular formula is C40H53IrN2O2SSi2-. The molecule has 8 heteroatoms. The number of aliphatic hydroxyl groups excluding tert-OH is 1. The summed E-state index contributed by atoms with van der Waals surface area (Å²) in [6.07, 6.45) is 6.63. The molecule has 0 bridgehead atoms. The minimum atomic E-state index is -1.55. The zero-order valence-corrected chi connectivity index (χ0v) is 35.9. The van der Waals surface area contributed by atoms with Crippen LogP contribution >= 0.6 is 11.3 Å². The number of rotatable bonds is 10. The van der Waals surface area contributed by atoms with E-state index in [1.54, 1.807) is 6.33 Å². The number of aromatic nitrogens is 2. The van der Waals surface area contributed by atoms with Crippen molar-refractivity contribution >= 4 is 74.7 Å². The van der Waals surface area contributed by atoms with Crippen LogP contribution in [0.1, 0.15) is 58.9 Å². The van der Waals surface area contributed by atoms with E-state index in [-0.39, 0.29) is 43.5 Å². The number of nitrogens with zero attached hydrogens (tertiary/aromatic N) is 2. The number of fused-ring (bicyclic) bond motifs is 4. The van der Waals surface area contributed by atoms with Crippen LogP contribution in [0.2, 0.25) is 39.3 Å². The fourth-order valence-corrected chi connectivity index (χ4v) is 11.3. The van der Waals surface area contributed by atoms with Gasteiger partial charge in [-0.15, -0.1) is 40.1 Å². The van der Waals surface area contributed by atoms with E-state index in [1.165, 1.54) is 47.6 Å². The van der Waals surface area contributed by atoms with Gasteiger partial charge in [-0.05, 0) is 38.2 Å². The monoisotopic (exact) mass is 874 g/mol. The molecule has 259 valence electrons. The molecule has 0 aliphatic heterocycles. The Balaban J connectivity index is 0.000000334. The van der Waals surface area contributed by atoms with E-state index in [9.17, 15) is 9.90 Å². The maximum Gasteiger partial charge on any atom is 0.162 e. The Hall–Kier alpha value is -2.49. The summed E-state index contributed by atoms with van der Waals surface area (Å²) >= 11 is 1.85. The van der Waals surface area contributed by atoms with Crippen molar-refractivity contribution in [2.45, 2.75) is 99.6 Å². The molecule has 0 aliphatic rings. The van der Waals surface area contributed by atoms with E-state index in [2.05, 4.69) is 94.7 Å². The number of ketones is 1. The number of aliphatic hydroxyl groups is 1. The van der Waals surface area contributed by atoms with Crippen LogP contribution in [0.3, 0.4) is 0 Å². The fourth-order valence-electron chi connectivity index (χ4n) is 6.54. The van der Waals surface area contributed by atoms with Gasteiger partial charge < -0.3 is 5.11 Å². The Morgan fingerprint density at radius 3 is 2.02 bits per heavy atom. The molecule has 0 spiro atoms. The molecule has 0 aliphatic carbocycles. The van der Waals surface area contributed by atoms with Crippen molar-refractivity contribution < 1.29 is 30.0 Å². The molecule has 5 aromatic rings. The van der Waals surface area contributed by atoms with Crippen molar-refractivity contribution in [3.8, 4) is 11.3 Å². The summed E-state index contributed by atoms with van der Waals surface area (Å²) in [6.45, 7) is 24.8. The number of aryl methyl sites for hydroxylation is 1. The number of carbonyl (C=O) groups is 1. The Labute approximate surface area is 307 Å². The topological polar surface area (TPSA) is 63.1 Å². The summed E-state index contributed by atoms with van der Waals surface area (Å²) in [6, 6.07) is 19.3. The van der Waals surface area contributed by atoms with Crippen LogP contribution < -0.4 is 10.4 Å². The van der Waals surface area contributed by atoms with Gasteiger partial charge in [0.25, 0.3) is 0 Å². The van der Waals surface area contributed by atoms with E-state index in [1.807, 2.05) is 39.0 Å². The predicted molar refractivity (Wildman–Crippen MR) is 211 cm³/mol. The van der Waals surface area contributed by atoms with Crippen molar-refractivity contribution in [2.24, 2.45) is 11.8 Å². The van der Waals surface area contributed by atoms with Crippen LogP contribution in [0.4, 0.5) is 0 Å². The number of hydrogen-bond donors (Lipinski definition) is 1. The van der Waals surface area contributed by atoms with E-state index >= 15 is 0 Å². The summed E-state index contributed by atoms with van der Waals surface area (Å²) < 4.78 is 2.53. The minimum absolute atomic E-state index is 0. The molecule has 5 rings (SSSR count). The molecule has 0 unspecified atom stereocenters. The van der Waals surface area contributed by atoms with Crippen molar-refractivity contribution in [2.75, 3.05) is 0 Å². The zero-order valence-electron chi connectivity index (χ0n) is 30.7. The fraction of sp³-hybridized carbons (Fsp3) is 0.425. The maximum absolute atomic E-state index is 11.7. The number of benzene rings is 3. The standard InChI is InChI=1S/C27H29N2SSi2.C13H24O2.Ir/c1-17-22(31(2,3)4)13-12-21-25-27(30-26(17)21)24(28-16-29-25)19-14-18-10-8-9-11-20(18)23(15-19)32(5,6)7;1-5-10(6-2)12(14)9-13(15)11(7-3)8-4;/h8-13,15-16H,1-7H3;9-11,14H,5-8H2,1-4H3;/q-1;;/b;12-9-;. The van der Waals surface area contributed by atoms with Crippen molar-refractivity contribution in [3.05, 3.63) is 72.3 Å². The van der Waals surface area contributed by atoms with E-state index in [4.69, 9.17) is 9.97 Å². The largest absolute Gasteiger partial charge is 0.512 e. The first-order valence-corrected chi connectivity index (χ1v) is 25.0. The normalized spacial score (nSPS) is 12.5. The Bertz CT molecular complexity index is 1910. The van der Waals surface area contributed by atoms with E-state index in [0.29, 0.717) is 0 Å². The molecule has 0 saturated heterocycles. The SMILES string of the molecule is CCC(CC)C(=O)/C=C(\O)C(CC)CC.Cc1c([Si](C)(C)C)ccc2c1sc1c(-c3[c-]c4ccccc4c([Si](C)(C)C)c3)ncnc12.[Ir]. The van der Waals surface area contributed by atoms with Crippen LogP contribution in [-0.2, 0) is 24.9 Å². The third kappa shape index (κ3) is 8.62. The molecule has 48 heavy (non-hydrogen) atoms. The zero-order chi connectivity index (χ0) is 34.7. The predicted octanol–water partition coefficient (Wildman–Crippen LogP) is 10.7. The van der Waals surface area contributed by atoms with E-state index in [0.717, 1.165) is 42.5 Å². The molecule has 3 aromatic carbocycles. The maximum atomic E-state index is 11.7. The van der Waals surface area contributed by atoms with Crippen LogP contribution in [0.5, 0.6) is 0 Å². The minimum Gasteiger partial charge on any atom is -0.512 e. The molecule has 2 heterocycles. The summed E-state index contributed by atoms with van der Waals surface area (Å²) in [4.78, 5) is 21.2. The molecule has 0 saturated carbocycles. The number of thiophene rings is 1. The molecule has 0 atom stereocenters. The summed E-state index contributed by atoms with van der Waals surface area (Å²) in [5.41, 5.74) is 4.58. The molecular weight excluding hydrogens is 821 g/mol. The smallest absolute Gasteiger partial charge is 0.162 e. The molecule has 2 aromatic heterocycles. The second-order valence-corrected chi connectivity index (χ2v) is 25.9. The van der Waals surface area contributed by atoms with Gasteiger partial charge in [-0.1, -0.05) is 113 Å². The van der Waals surface area contributed by atoms with Crippen LogP contribution in [0, 0.1) is 24.8 Å². The quantitative estimate of drug-likeness (QED) is 0.0657. The first-order chi connectivity index (χ1) is 22.2. The van der Waals surface area contributed by atoms with Crippen molar-refractivity contribution in [1.29, 1.82) is 0 Å². The third-order valence-electron chi connectivity index (χ3n) is 9.40. The van der Waals surface area contributed by atoms with Crippen LogP contribution in [0.25, 0.3) is 42.3 Å². The Morgan fingerprint density at radius 2 is 1.44 bits per heavy atom. The van der Waals surface area contributed by atoms with Crippen molar-refractivity contribution in [3.63, 3.8) is 0 Å². The average Bonchev–Trinajstić information content (AvgIpc) is 3.41. The van der Waals surface area contributed by atoms with Gasteiger partial charge in [0.2, 0.25) is 0 Å². The molecule has 0 fully saturated rings. The summed E-state index contributed by atoms with van der Waals surface area (Å²) in [5.74, 6) is 0.547. The Kier molecular flexibility index (Phi) is 13.7. The first kappa shape index (κ1) is 39.9. The van der Waals surface area contributed by atoms with Gasteiger partial charge in [-0.25, -0.2) is 4.98 Å². The summed E-state index contributed by atoms with van der Waals surface area (Å²) in [7, 11) is -2.97. The summed E-state index contributed by atoms with van der Waals surface area (Å²) in [5, 5.41) is 16.5. The van der Waals surface area contributed by atoms with Gasteiger partial charge in [-0.2, -0.15) is 0 Å². The van der Waals surface area contributed by atoms with Crippen LogP contribution in [-0.4, -0.2) is 37.0 Å². The molecule has 4 nitrogen and oxygen atoms in total. The molecule has 1 N–H and O–H groups in total. The first-order valence-electron chi connectivity index (χ1n) is 17.2. The number of allylic oxidation sites excluding steroid dienone is 2. The van der Waals surface area contributed by atoms with Gasteiger partial charge in [0.05, 0.1) is 27.4 Å².